The molecule has 0 bridgehead atoms. The van der Waals surface area contributed by atoms with Crippen molar-refractivity contribution in [3.63, 3.8) is 0 Å². The van der Waals surface area contributed by atoms with Crippen LogP contribution in [0.5, 0.6) is 0 Å². The molecule has 0 spiro atoms. The van der Waals surface area contributed by atoms with Gasteiger partial charge < -0.3 is 15.3 Å². The van der Waals surface area contributed by atoms with Gasteiger partial charge in [0.25, 0.3) is 0 Å². The fourth-order valence-corrected chi connectivity index (χ4v) is 1.49. The van der Waals surface area contributed by atoms with Crippen molar-refractivity contribution < 1.29 is 9.50 Å². The second-order valence-electron chi connectivity index (χ2n) is 4.58. The Morgan fingerprint density at radius 3 is 2.65 bits per heavy atom. The second kappa shape index (κ2) is 6.05. The summed E-state index contributed by atoms with van der Waals surface area (Å²) in [5.74, 6) is -0.373. The molecule has 0 saturated carbocycles. The Labute approximate surface area is 101 Å². The number of rotatable bonds is 6. The normalized spacial score (nSPS) is 14.9. The van der Waals surface area contributed by atoms with Crippen LogP contribution in [0.4, 0.5) is 4.39 Å². The van der Waals surface area contributed by atoms with Crippen molar-refractivity contribution in [1.82, 2.24) is 15.2 Å². The Hall–Kier alpha value is -1.04. The SMILES string of the molecule is CN(C)CCNC(C)(CO)c1ccc(F)cn1. The van der Waals surface area contributed by atoms with Crippen LogP contribution in [0.2, 0.25) is 0 Å². The van der Waals surface area contributed by atoms with Gasteiger partial charge >= 0.3 is 0 Å². The summed E-state index contributed by atoms with van der Waals surface area (Å²) < 4.78 is 12.8. The molecule has 1 heterocycles. The van der Waals surface area contributed by atoms with E-state index in [0.717, 1.165) is 19.3 Å². The Bertz CT molecular complexity index is 342. The monoisotopic (exact) mass is 241 g/mol. The molecule has 4 nitrogen and oxygen atoms in total. The number of likely N-dealkylation sites (N-methyl/N-ethyl adjacent to an activating group) is 1. The zero-order chi connectivity index (χ0) is 12.9. The lowest BCUT2D eigenvalue weighted by Crippen LogP contribution is -2.46. The van der Waals surface area contributed by atoms with Gasteiger partial charge in [0.2, 0.25) is 0 Å². The van der Waals surface area contributed by atoms with Crippen molar-refractivity contribution in [2.75, 3.05) is 33.8 Å². The van der Waals surface area contributed by atoms with E-state index >= 15 is 0 Å². The number of hydrogen-bond acceptors (Lipinski definition) is 4. The predicted molar refractivity (Wildman–Crippen MR) is 65.2 cm³/mol. The lowest BCUT2D eigenvalue weighted by molar-refractivity contribution is 0.168. The topological polar surface area (TPSA) is 48.4 Å². The Morgan fingerprint density at radius 2 is 2.18 bits per heavy atom. The van der Waals surface area contributed by atoms with Gasteiger partial charge in [0, 0.05) is 13.1 Å². The zero-order valence-electron chi connectivity index (χ0n) is 10.6. The van der Waals surface area contributed by atoms with Crippen molar-refractivity contribution in [3.05, 3.63) is 29.8 Å². The molecule has 0 amide bonds. The van der Waals surface area contributed by atoms with Crippen LogP contribution < -0.4 is 5.32 Å². The van der Waals surface area contributed by atoms with Gasteiger partial charge in [0.05, 0.1) is 24.0 Å². The maximum absolute atomic E-state index is 12.8. The van der Waals surface area contributed by atoms with Gasteiger partial charge in [-0.05, 0) is 33.2 Å². The molecule has 0 aliphatic carbocycles. The summed E-state index contributed by atoms with van der Waals surface area (Å²) in [6.45, 7) is 3.35. The largest absolute Gasteiger partial charge is 0.394 e. The minimum atomic E-state index is -0.635. The van der Waals surface area contributed by atoms with Crippen molar-refractivity contribution in [1.29, 1.82) is 0 Å². The molecule has 0 aromatic carbocycles. The molecule has 1 aromatic rings. The van der Waals surface area contributed by atoms with E-state index in [9.17, 15) is 9.50 Å². The third-order valence-electron chi connectivity index (χ3n) is 2.68. The fraction of sp³-hybridized carbons (Fsp3) is 0.583. The second-order valence-corrected chi connectivity index (χ2v) is 4.58. The van der Waals surface area contributed by atoms with Gasteiger partial charge in [-0.15, -0.1) is 0 Å². The van der Waals surface area contributed by atoms with Crippen LogP contribution in [0.1, 0.15) is 12.6 Å². The zero-order valence-corrected chi connectivity index (χ0v) is 10.6. The quantitative estimate of drug-likeness (QED) is 0.765. The van der Waals surface area contributed by atoms with E-state index in [1.54, 1.807) is 6.07 Å². The first kappa shape index (κ1) is 14.0. The third-order valence-corrected chi connectivity index (χ3v) is 2.68. The average molecular weight is 241 g/mol. The first-order valence-corrected chi connectivity index (χ1v) is 5.60. The Kier molecular flexibility index (Phi) is 4.99. The van der Waals surface area contributed by atoms with Crippen molar-refractivity contribution in [2.45, 2.75) is 12.5 Å². The number of aromatic nitrogens is 1. The molecule has 1 aromatic heterocycles. The van der Waals surface area contributed by atoms with E-state index in [0.29, 0.717) is 5.69 Å². The van der Waals surface area contributed by atoms with Crippen molar-refractivity contribution in [2.24, 2.45) is 0 Å². The van der Waals surface area contributed by atoms with Gasteiger partial charge in [0.15, 0.2) is 0 Å². The van der Waals surface area contributed by atoms with Crippen LogP contribution >= 0.6 is 0 Å². The van der Waals surface area contributed by atoms with Crippen LogP contribution in [0.3, 0.4) is 0 Å². The van der Waals surface area contributed by atoms with Crippen LogP contribution in [0.25, 0.3) is 0 Å². The van der Waals surface area contributed by atoms with Crippen molar-refractivity contribution >= 4 is 0 Å². The molecule has 96 valence electrons. The highest BCUT2D eigenvalue weighted by atomic mass is 19.1. The molecule has 1 atom stereocenters. The number of hydrogen-bond donors (Lipinski definition) is 2. The molecule has 1 unspecified atom stereocenters. The van der Waals surface area contributed by atoms with Crippen LogP contribution in [0.15, 0.2) is 18.3 Å². The smallest absolute Gasteiger partial charge is 0.141 e. The Balaban J connectivity index is 2.70. The van der Waals surface area contributed by atoms with E-state index in [-0.39, 0.29) is 12.4 Å². The van der Waals surface area contributed by atoms with Crippen LogP contribution in [0, 0.1) is 5.82 Å². The highest BCUT2D eigenvalue weighted by molar-refractivity contribution is 5.15. The molecule has 0 aliphatic heterocycles. The van der Waals surface area contributed by atoms with E-state index in [1.165, 1.54) is 6.07 Å². The number of aliphatic hydroxyl groups excluding tert-OH is 1. The molecular formula is C12H20FN3O. The maximum atomic E-state index is 12.8. The van der Waals surface area contributed by atoms with Gasteiger partial charge in [-0.1, -0.05) is 0 Å². The highest BCUT2D eigenvalue weighted by Gasteiger charge is 2.26. The number of nitrogens with one attached hydrogen (secondary N) is 1. The number of pyridine rings is 1. The minimum Gasteiger partial charge on any atom is -0.394 e. The number of halogens is 1. The summed E-state index contributed by atoms with van der Waals surface area (Å²) in [5.41, 5.74) is 0.00383. The number of aliphatic hydroxyl groups is 1. The van der Waals surface area contributed by atoms with Gasteiger partial charge in [-0.2, -0.15) is 0 Å². The predicted octanol–water partition coefficient (Wildman–Crippen LogP) is 0.579. The highest BCUT2D eigenvalue weighted by Crippen LogP contribution is 2.17. The minimum absolute atomic E-state index is 0.0843. The summed E-state index contributed by atoms with van der Waals surface area (Å²) in [5, 5.41) is 12.7. The van der Waals surface area contributed by atoms with E-state index < -0.39 is 5.54 Å². The van der Waals surface area contributed by atoms with E-state index in [4.69, 9.17) is 0 Å². The standard InChI is InChI=1S/C12H20FN3O/c1-12(9-17,15-6-7-16(2)3)11-5-4-10(13)8-14-11/h4-5,8,15,17H,6-7,9H2,1-3H3. The molecule has 0 radical (unpaired) electrons. The van der Waals surface area contributed by atoms with E-state index in [1.807, 2.05) is 25.9 Å². The summed E-state index contributed by atoms with van der Waals surface area (Å²) in [6.07, 6.45) is 1.16. The summed E-state index contributed by atoms with van der Waals surface area (Å²) in [4.78, 5) is 6.05. The molecule has 5 heteroatoms. The van der Waals surface area contributed by atoms with Gasteiger partial charge in [-0.3, -0.25) is 4.98 Å². The average Bonchev–Trinajstić information content (AvgIpc) is 2.29. The lowest BCUT2D eigenvalue weighted by atomic mass is 9.98. The van der Waals surface area contributed by atoms with Crippen LogP contribution in [-0.4, -0.2) is 48.8 Å². The molecular weight excluding hydrogens is 221 g/mol. The molecule has 17 heavy (non-hydrogen) atoms. The van der Waals surface area contributed by atoms with E-state index in [2.05, 4.69) is 10.3 Å². The fourth-order valence-electron chi connectivity index (χ4n) is 1.49. The summed E-state index contributed by atoms with van der Waals surface area (Å²) in [7, 11) is 3.96. The molecule has 0 aliphatic rings. The summed E-state index contributed by atoms with van der Waals surface area (Å²) >= 11 is 0. The molecule has 2 N–H and O–H groups in total. The summed E-state index contributed by atoms with van der Waals surface area (Å²) in [6, 6.07) is 2.94. The lowest BCUT2D eigenvalue weighted by Gasteiger charge is -2.29. The first-order valence-electron chi connectivity index (χ1n) is 5.60. The first-order chi connectivity index (χ1) is 7.98. The Morgan fingerprint density at radius 1 is 1.47 bits per heavy atom. The number of nitrogens with zero attached hydrogens (tertiary/aromatic N) is 2. The molecule has 0 fully saturated rings. The molecule has 1 rings (SSSR count). The van der Waals surface area contributed by atoms with Gasteiger partial charge in [0.1, 0.15) is 5.82 Å². The van der Waals surface area contributed by atoms with Crippen LogP contribution in [-0.2, 0) is 5.54 Å². The van der Waals surface area contributed by atoms with Crippen molar-refractivity contribution in [3.8, 4) is 0 Å². The molecule has 0 saturated heterocycles. The maximum Gasteiger partial charge on any atom is 0.141 e. The third kappa shape index (κ3) is 4.03. The van der Waals surface area contributed by atoms with Gasteiger partial charge in [-0.25, -0.2) is 4.39 Å².